The quantitative estimate of drug-likeness (QED) is 0.597. The van der Waals surface area contributed by atoms with Crippen LogP contribution in [0.5, 0.6) is 0 Å². The molecule has 1 saturated carbocycles. The number of nitrogens with one attached hydrogen (secondary N) is 3. The van der Waals surface area contributed by atoms with E-state index in [1.54, 1.807) is 6.20 Å². The maximum atomic E-state index is 12.5. The molecule has 2 aliphatic heterocycles. The van der Waals surface area contributed by atoms with Gasteiger partial charge in [0.25, 0.3) is 5.91 Å². The number of anilines is 1. The van der Waals surface area contributed by atoms with E-state index in [-0.39, 0.29) is 11.3 Å². The zero-order valence-corrected chi connectivity index (χ0v) is 18.2. The van der Waals surface area contributed by atoms with E-state index < -0.39 is 0 Å². The molecule has 32 heavy (non-hydrogen) atoms. The van der Waals surface area contributed by atoms with E-state index in [2.05, 4.69) is 49.8 Å². The summed E-state index contributed by atoms with van der Waals surface area (Å²) in [6.07, 6.45) is 6.47. The summed E-state index contributed by atoms with van der Waals surface area (Å²) in [4.78, 5) is 27.9. The summed E-state index contributed by atoms with van der Waals surface area (Å²) in [7, 11) is 0. The Labute approximate surface area is 187 Å². The molecule has 4 heterocycles. The lowest BCUT2D eigenvalue weighted by Gasteiger charge is -2.33. The average Bonchev–Trinajstić information content (AvgIpc) is 3.52. The fraction of sp³-hybridized carbons (Fsp3) is 0.400. The lowest BCUT2D eigenvalue weighted by atomic mass is 9.78. The van der Waals surface area contributed by atoms with Crippen LogP contribution in [0, 0.1) is 0 Å². The summed E-state index contributed by atoms with van der Waals surface area (Å²) in [5.74, 6) is 0.708. The Kier molecular flexibility index (Phi) is 4.72. The highest BCUT2D eigenvalue weighted by molar-refractivity contribution is 5.98. The predicted molar refractivity (Wildman–Crippen MR) is 125 cm³/mol. The van der Waals surface area contributed by atoms with E-state index in [4.69, 9.17) is 4.98 Å². The Balaban J connectivity index is 1.31. The summed E-state index contributed by atoms with van der Waals surface area (Å²) >= 11 is 0. The van der Waals surface area contributed by atoms with Crippen molar-refractivity contribution in [3.63, 3.8) is 0 Å². The zero-order valence-electron chi connectivity index (χ0n) is 18.2. The molecule has 1 amide bonds. The van der Waals surface area contributed by atoms with Crippen LogP contribution in [0.1, 0.15) is 41.7 Å². The molecule has 1 spiro atoms. The van der Waals surface area contributed by atoms with Crippen molar-refractivity contribution in [3.8, 4) is 22.8 Å². The third kappa shape index (κ3) is 3.28. The summed E-state index contributed by atoms with van der Waals surface area (Å²) in [5.41, 5.74) is 5.85. The Bertz CT molecular complexity index is 1140. The molecule has 0 atom stereocenters. The first kappa shape index (κ1) is 19.5. The Morgan fingerprint density at radius 3 is 2.56 bits per heavy atom. The van der Waals surface area contributed by atoms with Gasteiger partial charge in [-0.1, -0.05) is 12.8 Å². The molecule has 0 bridgehead atoms. The van der Waals surface area contributed by atoms with E-state index >= 15 is 0 Å². The van der Waals surface area contributed by atoms with Crippen LogP contribution in [0.3, 0.4) is 0 Å². The lowest BCUT2D eigenvalue weighted by molar-refractivity contribution is 0.0924. The molecule has 7 heteroatoms. The minimum Gasteiger partial charge on any atom is -0.369 e. The molecule has 1 aliphatic carbocycles. The van der Waals surface area contributed by atoms with Crippen LogP contribution >= 0.6 is 0 Å². The molecule has 6 rings (SSSR count). The molecule has 2 aromatic heterocycles. The second-order valence-corrected chi connectivity index (χ2v) is 9.19. The van der Waals surface area contributed by atoms with Crippen LogP contribution in [-0.2, 0) is 5.41 Å². The summed E-state index contributed by atoms with van der Waals surface area (Å²) in [6, 6.07) is 12.4. The average molecular weight is 429 g/mol. The van der Waals surface area contributed by atoms with Gasteiger partial charge in [0.2, 0.25) is 0 Å². The lowest BCUT2D eigenvalue weighted by Crippen LogP contribution is -2.45. The van der Waals surface area contributed by atoms with Gasteiger partial charge < -0.3 is 20.5 Å². The second-order valence-electron chi connectivity index (χ2n) is 9.19. The highest BCUT2D eigenvalue weighted by Gasteiger charge is 2.43. The monoisotopic (exact) mass is 428 g/mol. The number of rotatable bonds is 3. The van der Waals surface area contributed by atoms with Gasteiger partial charge in [-0.05, 0) is 49.2 Å². The topological polar surface area (TPSA) is 85.9 Å². The number of carbonyl (C=O) groups is 1. The van der Waals surface area contributed by atoms with E-state index in [9.17, 15) is 4.79 Å². The van der Waals surface area contributed by atoms with Gasteiger partial charge in [-0.15, -0.1) is 0 Å². The number of piperazine rings is 1. The number of benzene rings is 1. The minimum atomic E-state index is 0.0119. The molecule has 3 aromatic rings. The highest BCUT2D eigenvalue weighted by atomic mass is 16.1. The van der Waals surface area contributed by atoms with Crippen molar-refractivity contribution in [1.82, 2.24) is 25.6 Å². The molecular weight excluding hydrogens is 400 g/mol. The number of amides is 1. The SMILES string of the molecule is O=C1NCC2(CCCC2)c2[nH]c(-c3ccnc(-c4ccc(N5CCNCC5)cc4)n3)cc21. The van der Waals surface area contributed by atoms with Gasteiger partial charge in [0.15, 0.2) is 5.82 Å². The number of nitrogens with zero attached hydrogens (tertiary/aromatic N) is 3. The van der Waals surface area contributed by atoms with Crippen molar-refractivity contribution in [3.05, 3.63) is 53.9 Å². The summed E-state index contributed by atoms with van der Waals surface area (Å²) in [5, 5.41) is 6.50. The number of aromatic amines is 1. The van der Waals surface area contributed by atoms with Gasteiger partial charge in [0, 0.05) is 61.3 Å². The summed E-state index contributed by atoms with van der Waals surface area (Å²) < 4.78 is 0. The molecule has 7 nitrogen and oxygen atoms in total. The summed E-state index contributed by atoms with van der Waals surface area (Å²) in [6.45, 7) is 4.82. The molecule has 2 fully saturated rings. The number of carbonyl (C=O) groups excluding carboxylic acids is 1. The molecule has 3 aliphatic rings. The second kappa shape index (κ2) is 7.74. The minimum absolute atomic E-state index is 0.0119. The van der Waals surface area contributed by atoms with Crippen molar-refractivity contribution in [1.29, 1.82) is 0 Å². The van der Waals surface area contributed by atoms with Crippen LogP contribution < -0.4 is 15.5 Å². The van der Waals surface area contributed by atoms with E-state index in [1.165, 1.54) is 18.5 Å². The van der Waals surface area contributed by atoms with Crippen molar-refractivity contribution in [2.45, 2.75) is 31.1 Å². The predicted octanol–water partition coefficient (Wildman–Crippen LogP) is 3.10. The van der Waals surface area contributed by atoms with Gasteiger partial charge >= 0.3 is 0 Å². The van der Waals surface area contributed by atoms with Crippen LogP contribution in [-0.4, -0.2) is 53.6 Å². The van der Waals surface area contributed by atoms with Gasteiger partial charge in [-0.3, -0.25) is 4.79 Å². The first-order valence-electron chi connectivity index (χ1n) is 11.6. The fourth-order valence-electron chi connectivity index (χ4n) is 5.49. The first-order valence-corrected chi connectivity index (χ1v) is 11.6. The molecule has 1 aromatic carbocycles. The van der Waals surface area contributed by atoms with Crippen molar-refractivity contribution >= 4 is 11.6 Å². The highest BCUT2D eigenvalue weighted by Crippen LogP contribution is 2.44. The van der Waals surface area contributed by atoms with Crippen LogP contribution in [0.2, 0.25) is 0 Å². The molecular formula is C25H28N6O. The van der Waals surface area contributed by atoms with Crippen LogP contribution in [0.15, 0.2) is 42.6 Å². The number of hydrogen-bond acceptors (Lipinski definition) is 5. The Morgan fingerprint density at radius 1 is 1.00 bits per heavy atom. The zero-order chi connectivity index (χ0) is 21.5. The maximum absolute atomic E-state index is 12.5. The fourth-order valence-corrected chi connectivity index (χ4v) is 5.49. The molecule has 3 N–H and O–H groups in total. The van der Waals surface area contributed by atoms with E-state index in [0.717, 1.165) is 73.8 Å². The van der Waals surface area contributed by atoms with Crippen LogP contribution in [0.4, 0.5) is 5.69 Å². The van der Waals surface area contributed by atoms with Crippen molar-refractivity contribution in [2.24, 2.45) is 0 Å². The van der Waals surface area contributed by atoms with E-state index in [0.29, 0.717) is 5.82 Å². The molecule has 164 valence electrons. The van der Waals surface area contributed by atoms with Crippen molar-refractivity contribution in [2.75, 3.05) is 37.6 Å². The number of hydrogen-bond donors (Lipinski definition) is 3. The molecule has 0 unspecified atom stereocenters. The molecule has 0 radical (unpaired) electrons. The smallest absolute Gasteiger partial charge is 0.253 e. The van der Waals surface area contributed by atoms with E-state index in [1.807, 2.05) is 12.1 Å². The maximum Gasteiger partial charge on any atom is 0.253 e. The third-order valence-electron chi connectivity index (χ3n) is 7.28. The van der Waals surface area contributed by atoms with Gasteiger partial charge in [0.1, 0.15) is 0 Å². The number of fused-ring (bicyclic) bond motifs is 2. The van der Waals surface area contributed by atoms with Crippen LogP contribution in [0.25, 0.3) is 22.8 Å². The van der Waals surface area contributed by atoms with Crippen molar-refractivity contribution < 1.29 is 4.79 Å². The standard InChI is InChI=1S/C25H28N6O/c32-24-19-15-21(29-22(19)25(16-28-24)8-1-2-9-25)20-7-10-27-23(30-20)17-3-5-18(6-4-17)31-13-11-26-12-14-31/h3-7,10,15,26,29H,1-2,8-9,11-14,16H2,(H,28,32). The van der Waals surface area contributed by atoms with Gasteiger partial charge in [0.05, 0.1) is 17.0 Å². The third-order valence-corrected chi connectivity index (χ3v) is 7.28. The number of aromatic nitrogens is 3. The number of H-pyrrole nitrogens is 1. The van der Waals surface area contributed by atoms with Gasteiger partial charge in [-0.25, -0.2) is 9.97 Å². The van der Waals surface area contributed by atoms with Gasteiger partial charge in [-0.2, -0.15) is 0 Å². The Morgan fingerprint density at radius 2 is 1.78 bits per heavy atom. The first-order chi connectivity index (χ1) is 15.7. The normalized spacial score (nSPS) is 19.8. The molecule has 1 saturated heterocycles. The largest absolute Gasteiger partial charge is 0.369 e. The Hall–Kier alpha value is -3.19.